The van der Waals surface area contributed by atoms with Crippen molar-refractivity contribution in [3.63, 3.8) is 0 Å². The Morgan fingerprint density at radius 3 is 2.08 bits per heavy atom. The van der Waals surface area contributed by atoms with E-state index < -0.39 is 21.2 Å². The molecule has 1 aliphatic carbocycles. The van der Waals surface area contributed by atoms with Crippen LogP contribution in [0.25, 0.3) is 0 Å². The van der Waals surface area contributed by atoms with Crippen molar-refractivity contribution in [3.8, 4) is 0 Å². The van der Waals surface area contributed by atoms with Crippen LogP contribution in [0.2, 0.25) is 11.9 Å². The Hall–Kier alpha value is 0.402. The average Bonchev–Trinajstić information content (AvgIpc) is 2.62. The molecule has 0 nitrogen and oxygen atoms in total. The summed E-state index contributed by atoms with van der Waals surface area (Å²) in [6.45, 7) is 7.21. The molecule has 0 aromatic rings. The second-order valence-corrected chi connectivity index (χ2v) is 24.1. The van der Waals surface area contributed by atoms with Crippen molar-refractivity contribution in [2.24, 2.45) is 0 Å². The molecule has 0 fully saturated rings. The zero-order valence-electron chi connectivity index (χ0n) is 8.56. The molecule has 0 spiro atoms. The van der Waals surface area contributed by atoms with E-state index in [9.17, 15) is 0 Å². The van der Waals surface area contributed by atoms with E-state index in [1.807, 2.05) is 0 Å². The van der Waals surface area contributed by atoms with Crippen molar-refractivity contribution < 1.29 is 0 Å². The zero-order chi connectivity index (χ0) is 9.03. The standard InChI is InChI=1S/C5H5.3C2H5.Pb/c1-2-4-5-3-1;3*1-2;/h1-2,5H,3H2;3*1H2,2H3;. The van der Waals surface area contributed by atoms with Crippen LogP contribution in [0, 0.1) is 0 Å². The molecule has 0 aromatic heterocycles. The molecule has 0 amide bonds. The third-order valence-electron chi connectivity index (χ3n) is 3.41. The first-order valence-corrected chi connectivity index (χ1v) is 15.3. The van der Waals surface area contributed by atoms with Crippen LogP contribution in [-0.4, -0.2) is 21.2 Å². The molecule has 0 N–H and O–H groups in total. The summed E-state index contributed by atoms with van der Waals surface area (Å²) in [6.07, 6.45) is 8.43. The molecule has 1 aliphatic rings. The second kappa shape index (κ2) is 4.59. The molecule has 0 unspecified atom stereocenters. The number of hydrogen-bond acceptors (Lipinski definition) is 0. The van der Waals surface area contributed by atoms with Crippen molar-refractivity contribution in [2.45, 2.75) is 39.1 Å². The summed E-state index contributed by atoms with van der Waals surface area (Å²) in [5, 5.41) is 0. The average molecular weight is 359 g/mol. The predicted molar refractivity (Wildman–Crippen MR) is 59.0 cm³/mol. The molecule has 0 radical (unpaired) electrons. The van der Waals surface area contributed by atoms with E-state index in [2.05, 4.69) is 39.0 Å². The van der Waals surface area contributed by atoms with E-state index in [-0.39, 0.29) is 0 Å². The summed E-state index contributed by atoms with van der Waals surface area (Å²) in [5.41, 5.74) is 0. The topological polar surface area (TPSA) is 0 Å². The van der Waals surface area contributed by atoms with Crippen molar-refractivity contribution in [2.75, 3.05) is 0 Å². The SMILES string of the molecule is C[CH2][Pb]([CH2]C)([CH2]C)[C]1=CCC=C1. The van der Waals surface area contributed by atoms with Crippen molar-refractivity contribution in [1.82, 2.24) is 0 Å². The molecule has 0 aliphatic heterocycles. The monoisotopic (exact) mass is 360 g/mol. The molecular weight excluding hydrogens is 339 g/mol. The van der Waals surface area contributed by atoms with Gasteiger partial charge in [-0.3, -0.25) is 0 Å². The maximum atomic E-state index is 2.48. The first-order valence-electron chi connectivity index (χ1n) is 5.16. The van der Waals surface area contributed by atoms with Crippen LogP contribution in [0.4, 0.5) is 0 Å². The van der Waals surface area contributed by atoms with E-state index in [4.69, 9.17) is 0 Å². The summed E-state index contributed by atoms with van der Waals surface area (Å²) in [6, 6.07) is 0. The van der Waals surface area contributed by atoms with Crippen molar-refractivity contribution in [3.05, 3.63) is 21.4 Å². The fraction of sp³-hybridized carbons (Fsp3) is 0.636. The molecular formula is C11H20Pb. The quantitative estimate of drug-likeness (QED) is 0.668. The Labute approximate surface area is 81.4 Å². The van der Waals surface area contributed by atoms with Gasteiger partial charge in [-0.05, 0) is 0 Å². The maximum absolute atomic E-state index is 2.48. The predicted octanol–water partition coefficient (Wildman–Crippen LogP) is 3.92. The van der Waals surface area contributed by atoms with Gasteiger partial charge in [0.25, 0.3) is 0 Å². The van der Waals surface area contributed by atoms with Crippen LogP contribution in [0.5, 0.6) is 0 Å². The third kappa shape index (κ3) is 1.83. The molecule has 0 heterocycles. The molecule has 0 saturated carbocycles. The molecule has 12 heavy (non-hydrogen) atoms. The fourth-order valence-electron chi connectivity index (χ4n) is 2.21. The van der Waals surface area contributed by atoms with Gasteiger partial charge in [-0.2, -0.15) is 0 Å². The number of hydrogen-bond donors (Lipinski definition) is 0. The van der Waals surface area contributed by atoms with Gasteiger partial charge in [0.2, 0.25) is 0 Å². The fourth-order valence-corrected chi connectivity index (χ4v) is 16.8. The van der Waals surface area contributed by atoms with Crippen LogP contribution in [0.3, 0.4) is 0 Å². The summed E-state index contributed by atoms with van der Waals surface area (Å²) < 4.78 is 6.29. The first kappa shape index (κ1) is 10.5. The van der Waals surface area contributed by atoms with Gasteiger partial charge in [0.05, 0.1) is 0 Å². The van der Waals surface area contributed by atoms with E-state index in [1.54, 1.807) is 3.13 Å². The van der Waals surface area contributed by atoms with Crippen LogP contribution in [0.15, 0.2) is 21.4 Å². The van der Waals surface area contributed by atoms with Gasteiger partial charge >= 0.3 is 81.7 Å². The first-order chi connectivity index (χ1) is 5.79. The minimum absolute atomic E-state index is 1.21. The third-order valence-corrected chi connectivity index (χ3v) is 25.4. The molecule has 0 bridgehead atoms. The van der Waals surface area contributed by atoms with E-state index in [1.165, 1.54) is 18.4 Å². The Morgan fingerprint density at radius 1 is 1.17 bits per heavy atom. The van der Waals surface area contributed by atoms with E-state index in [0.29, 0.717) is 0 Å². The molecule has 0 aromatic carbocycles. The van der Waals surface area contributed by atoms with Gasteiger partial charge < -0.3 is 0 Å². The summed E-state index contributed by atoms with van der Waals surface area (Å²) in [4.78, 5) is 0. The summed E-state index contributed by atoms with van der Waals surface area (Å²) in [5.74, 6) is 0. The second-order valence-electron chi connectivity index (χ2n) is 3.64. The Kier molecular flexibility index (Phi) is 4.01. The Bertz CT molecular complexity index is 189. The minimum atomic E-state index is -1.90. The summed E-state index contributed by atoms with van der Waals surface area (Å²) in [7, 11) is 0. The van der Waals surface area contributed by atoms with Gasteiger partial charge in [-0.25, -0.2) is 0 Å². The molecule has 0 atom stereocenters. The number of allylic oxidation sites excluding steroid dienone is 4. The van der Waals surface area contributed by atoms with E-state index >= 15 is 0 Å². The molecule has 1 heteroatoms. The molecule has 68 valence electrons. The van der Waals surface area contributed by atoms with Crippen LogP contribution in [-0.2, 0) is 0 Å². The molecule has 0 saturated heterocycles. The number of rotatable bonds is 4. The Balaban J connectivity index is 2.83. The van der Waals surface area contributed by atoms with Gasteiger partial charge in [0.15, 0.2) is 0 Å². The van der Waals surface area contributed by atoms with Crippen LogP contribution < -0.4 is 0 Å². The van der Waals surface area contributed by atoms with Crippen molar-refractivity contribution >= 4 is 21.2 Å². The molecule has 1 rings (SSSR count). The summed E-state index contributed by atoms with van der Waals surface area (Å²) >= 11 is -1.90. The Morgan fingerprint density at radius 2 is 1.75 bits per heavy atom. The van der Waals surface area contributed by atoms with Gasteiger partial charge in [-0.15, -0.1) is 0 Å². The van der Waals surface area contributed by atoms with E-state index in [0.717, 1.165) is 0 Å². The normalized spacial score (nSPS) is 16.8. The van der Waals surface area contributed by atoms with Crippen LogP contribution in [0.1, 0.15) is 27.2 Å². The zero-order valence-corrected chi connectivity index (χ0v) is 12.4. The van der Waals surface area contributed by atoms with Crippen molar-refractivity contribution in [1.29, 1.82) is 0 Å². The van der Waals surface area contributed by atoms with Gasteiger partial charge in [0, 0.05) is 0 Å². The van der Waals surface area contributed by atoms with Crippen LogP contribution >= 0.6 is 0 Å². The van der Waals surface area contributed by atoms with Gasteiger partial charge in [0.1, 0.15) is 0 Å². The van der Waals surface area contributed by atoms with Gasteiger partial charge in [-0.1, -0.05) is 0 Å².